The molecular weight excluding hydrogens is 427 g/mol. The lowest BCUT2D eigenvalue weighted by Crippen LogP contribution is -2.26. The van der Waals surface area contributed by atoms with E-state index in [4.69, 9.17) is 10.5 Å². The molecule has 0 spiro atoms. The maximum absolute atomic E-state index is 13.9. The molecule has 1 atom stereocenters. The van der Waals surface area contributed by atoms with E-state index < -0.39 is 17.7 Å². The first-order valence-corrected chi connectivity index (χ1v) is 10.4. The number of nitrogens with two attached hydrogens (primary N) is 1. The van der Waals surface area contributed by atoms with Crippen LogP contribution in [0.5, 0.6) is 0 Å². The summed E-state index contributed by atoms with van der Waals surface area (Å²) in [6.45, 7) is 3.46. The van der Waals surface area contributed by atoms with Gasteiger partial charge < -0.3 is 20.7 Å². The SMILES string of the molecule is Cc1ccc(N2C[C@@H](C(=O)OCc3nc(N)nc(Nc4ccccc4C)n3)CC2=O)cc1F. The van der Waals surface area contributed by atoms with Crippen LogP contribution in [-0.4, -0.2) is 33.4 Å². The third-order valence-corrected chi connectivity index (χ3v) is 5.36. The summed E-state index contributed by atoms with van der Waals surface area (Å²) in [5, 5.41) is 3.07. The second-order valence-electron chi connectivity index (χ2n) is 7.82. The van der Waals surface area contributed by atoms with Gasteiger partial charge in [0.05, 0.1) is 5.92 Å². The molecule has 10 heteroatoms. The number of amides is 1. The van der Waals surface area contributed by atoms with E-state index in [-0.39, 0.29) is 43.2 Å². The highest BCUT2D eigenvalue weighted by molar-refractivity contribution is 5.99. The van der Waals surface area contributed by atoms with E-state index in [0.717, 1.165) is 11.3 Å². The maximum atomic E-state index is 13.9. The number of anilines is 4. The molecule has 9 nitrogen and oxygen atoms in total. The van der Waals surface area contributed by atoms with Gasteiger partial charge in [0.1, 0.15) is 5.82 Å². The number of aryl methyl sites for hydroxylation is 2. The molecule has 2 heterocycles. The number of carbonyl (C=O) groups is 2. The monoisotopic (exact) mass is 450 g/mol. The Labute approximate surface area is 189 Å². The highest BCUT2D eigenvalue weighted by Gasteiger charge is 2.36. The van der Waals surface area contributed by atoms with Crippen molar-refractivity contribution in [1.82, 2.24) is 15.0 Å². The predicted octanol–water partition coefficient (Wildman–Crippen LogP) is 3.05. The Bertz CT molecular complexity index is 1220. The molecule has 1 fully saturated rings. The van der Waals surface area contributed by atoms with Gasteiger partial charge in [-0.15, -0.1) is 0 Å². The van der Waals surface area contributed by atoms with E-state index >= 15 is 0 Å². The van der Waals surface area contributed by atoms with Crippen LogP contribution < -0.4 is 16.0 Å². The third kappa shape index (κ3) is 5.05. The minimum atomic E-state index is -0.675. The Morgan fingerprint density at radius 2 is 1.97 bits per heavy atom. The van der Waals surface area contributed by atoms with E-state index in [1.807, 2.05) is 31.2 Å². The zero-order valence-electron chi connectivity index (χ0n) is 18.2. The van der Waals surface area contributed by atoms with E-state index in [0.29, 0.717) is 11.3 Å². The first kappa shape index (κ1) is 22.1. The lowest BCUT2D eigenvalue weighted by Gasteiger charge is -2.17. The highest BCUT2D eigenvalue weighted by atomic mass is 19.1. The van der Waals surface area contributed by atoms with Crippen LogP contribution in [0.2, 0.25) is 0 Å². The molecule has 0 aliphatic carbocycles. The number of nitrogens with zero attached hydrogens (tertiary/aromatic N) is 4. The van der Waals surface area contributed by atoms with Gasteiger partial charge in [0, 0.05) is 24.3 Å². The molecule has 170 valence electrons. The smallest absolute Gasteiger partial charge is 0.311 e. The molecule has 2 aromatic carbocycles. The Kier molecular flexibility index (Phi) is 6.16. The summed E-state index contributed by atoms with van der Waals surface area (Å²) in [4.78, 5) is 38.7. The Morgan fingerprint density at radius 1 is 1.18 bits per heavy atom. The van der Waals surface area contributed by atoms with Gasteiger partial charge >= 0.3 is 5.97 Å². The minimum Gasteiger partial charge on any atom is -0.457 e. The summed E-state index contributed by atoms with van der Waals surface area (Å²) < 4.78 is 19.2. The number of halogens is 1. The molecule has 33 heavy (non-hydrogen) atoms. The summed E-state index contributed by atoms with van der Waals surface area (Å²) in [5.74, 6) is -1.53. The van der Waals surface area contributed by atoms with Gasteiger partial charge in [-0.3, -0.25) is 9.59 Å². The molecular formula is C23H23FN6O3. The fourth-order valence-electron chi connectivity index (χ4n) is 3.51. The summed E-state index contributed by atoms with van der Waals surface area (Å²) >= 11 is 0. The first-order valence-electron chi connectivity index (χ1n) is 10.4. The van der Waals surface area contributed by atoms with Gasteiger partial charge in [0.15, 0.2) is 12.4 Å². The topological polar surface area (TPSA) is 123 Å². The van der Waals surface area contributed by atoms with Crippen LogP contribution in [0.3, 0.4) is 0 Å². The van der Waals surface area contributed by atoms with E-state index in [1.54, 1.807) is 19.1 Å². The number of esters is 1. The Balaban J connectivity index is 1.39. The van der Waals surface area contributed by atoms with Crippen molar-refractivity contribution < 1.29 is 18.7 Å². The fraction of sp³-hybridized carbons (Fsp3) is 0.261. The van der Waals surface area contributed by atoms with Crippen LogP contribution in [-0.2, 0) is 20.9 Å². The quantitative estimate of drug-likeness (QED) is 0.549. The summed E-state index contributed by atoms with van der Waals surface area (Å²) in [6.07, 6.45) is -0.0201. The minimum absolute atomic E-state index is 0.0178. The van der Waals surface area contributed by atoms with Crippen LogP contribution in [0.1, 0.15) is 23.4 Å². The van der Waals surface area contributed by atoms with Gasteiger partial charge in [0.2, 0.25) is 17.8 Å². The number of ether oxygens (including phenoxy) is 1. The van der Waals surface area contributed by atoms with Crippen molar-refractivity contribution in [2.24, 2.45) is 5.92 Å². The highest BCUT2D eigenvalue weighted by Crippen LogP contribution is 2.27. The molecule has 3 aromatic rings. The summed E-state index contributed by atoms with van der Waals surface area (Å²) in [7, 11) is 0. The molecule has 1 aliphatic heterocycles. The molecule has 0 saturated carbocycles. The van der Waals surface area contributed by atoms with Crippen molar-refractivity contribution >= 4 is 35.1 Å². The van der Waals surface area contributed by atoms with E-state index in [9.17, 15) is 14.0 Å². The lowest BCUT2D eigenvalue weighted by atomic mass is 10.1. The van der Waals surface area contributed by atoms with Crippen molar-refractivity contribution in [3.63, 3.8) is 0 Å². The fourth-order valence-corrected chi connectivity index (χ4v) is 3.51. The van der Waals surface area contributed by atoms with Gasteiger partial charge in [-0.05, 0) is 43.2 Å². The van der Waals surface area contributed by atoms with Crippen molar-refractivity contribution in [2.45, 2.75) is 26.9 Å². The number of carbonyl (C=O) groups excluding carboxylic acids is 2. The van der Waals surface area contributed by atoms with Crippen molar-refractivity contribution in [1.29, 1.82) is 0 Å². The lowest BCUT2D eigenvalue weighted by molar-refractivity contribution is -0.149. The average Bonchev–Trinajstić information content (AvgIpc) is 3.17. The van der Waals surface area contributed by atoms with Gasteiger partial charge in [-0.25, -0.2) is 4.39 Å². The molecule has 1 amide bonds. The van der Waals surface area contributed by atoms with Crippen LogP contribution in [0.4, 0.5) is 27.7 Å². The molecule has 3 N–H and O–H groups in total. The number of rotatable bonds is 6. The second kappa shape index (κ2) is 9.19. The number of hydrogen-bond donors (Lipinski definition) is 2. The van der Waals surface area contributed by atoms with Crippen LogP contribution >= 0.6 is 0 Å². The number of aromatic nitrogens is 3. The van der Waals surface area contributed by atoms with Gasteiger partial charge in [-0.1, -0.05) is 24.3 Å². The molecule has 1 aliphatic rings. The predicted molar refractivity (Wildman–Crippen MR) is 120 cm³/mol. The largest absolute Gasteiger partial charge is 0.457 e. The molecule has 0 unspecified atom stereocenters. The molecule has 0 radical (unpaired) electrons. The summed E-state index contributed by atoms with van der Waals surface area (Å²) in [5.41, 5.74) is 8.47. The first-order chi connectivity index (χ1) is 15.8. The van der Waals surface area contributed by atoms with Crippen molar-refractivity contribution in [2.75, 3.05) is 22.5 Å². The molecule has 4 rings (SSSR count). The number of hydrogen-bond acceptors (Lipinski definition) is 8. The van der Waals surface area contributed by atoms with Crippen molar-refractivity contribution in [3.8, 4) is 0 Å². The van der Waals surface area contributed by atoms with Crippen LogP contribution in [0, 0.1) is 25.6 Å². The average molecular weight is 450 g/mol. The standard InChI is InChI=1S/C23H23FN6O3/c1-13-7-8-16(10-17(13)24)30-11-15(9-20(30)31)21(32)33-12-19-27-22(25)29-23(28-19)26-18-6-4-3-5-14(18)2/h3-8,10,15H,9,11-12H2,1-2H3,(H3,25,26,27,28,29)/t15-/m0/s1. The van der Waals surface area contributed by atoms with Crippen molar-refractivity contribution in [3.05, 3.63) is 65.2 Å². The molecule has 0 bridgehead atoms. The summed E-state index contributed by atoms with van der Waals surface area (Å²) in [6, 6.07) is 12.1. The normalized spacial score (nSPS) is 15.5. The van der Waals surface area contributed by atoms with E-state index in [1.165, 1.54) is 11.0 Å². The molecule has 1 saturated heterocycles. The van der Waals surface area contributed by atoms with Gasteiger partial charge in [0.25, 0.3) is 0 Å². The zero-order chi connectivity index (χ0) is 23.5. The second-order valence-corrected chi connectivity index (χ2v) is 7.82. The number of nitrogen functional groups attached to an aromatic ring is 1. The number of benzene rings is 2. The maximum Gasteiger partial charge on any atom is 0.311 e. The van der Waals surface area contributed by atoms with Crippen LogP contribution in [0.25, 0.3) is 0 Å². The van der Waals surface area contributed by atoms with Gasteiger partial charge in [-0.2, -0.15) is 15.0 Å². The Morgan fingerprint density at radius 3 is 2.73 bits per heavy atom. The van der Waals surface area contributed by atoms with E-state index in [2.05, 4.69) is 20.3 Å². The van der Waals surface area contributed by atoms with Crippen LogP contribution in [0.15, 0.2) is 42.5 Å². The Hall–Kier alpha value is -4.08. The number of para-hydroxylation sites is 1. The third-order valence-electron chi connectivity index (χ3n) is 5.36. The molecule has 1 aromatic heterocycles. The number of nitrogens with one attached hydrogen (secondary N) is 1. The zero-order valence-corrected chi connectivity index (χ0v) is 18.2.